The van der Waals surface area contributed by atoms with Crippen molar-refractivity contribution in [3.05, 3.63) is 0 Å². The summed E-state index contributed by atoms with van der Waals surface area (Å²) in [6.45, 7) is 4.35. The highest BCUT2D eigenvalue weighted by molar-refractivity contribution is 7.99. The Kier molecular flexibility index (Phi) is 6.46. The zero-order chi connectivity index (χ0) is 13.6. The topological polar surface area (TPSA) is 58.6 Å². The molecule has 4 nitrogen and oxygen atoms in total. The van der Waals surface area contributed by atoms with E-state index in [1.165, 1.54) is 7.11 Å². The molecule has 0 radical (unpaired) electrons. The van der Waals surface area contributed by atoms with Gasteiger partial charge in [-0.15, -0.1) is 0 Å². The van der Waals surface area contributed by atoms with Crippen LogP contribution in [-0.4, -0.2) is 47.4 Å². The minimum Gasteiger partial charge on any atom is -0.468 e. The Morgan fingerprint density at radius 3 is 2.89 bits per heavy atom. The van der Waals surface area contributed by atoms with Gasteiger partial charge in [0.2, 0.25) is 0 Å². The molecule has 2 unspecified atom stereocenters. The number of thioether (sulfide) groups is 1. The first-order valence-electron chi connectivity index (χ1n) is 6.62. The number of carbonyl (C=O) groups is 1. The van der Waals surface area contributed by atoms with E-state index >= 15 is 0 Å². The van der Waals surface area contributed by atoms with Crippen LogP contribution in [0, 0.1) is 0 Å². The second-order valence-electron chi connectivity index (χ2n) is 5.19. The zero-order valence-corrected chi connectivity index (χ0v) is 12.4. The van der Waals surface area contributed by atoms with Gasteiger partial charge in [0.25, 0.3) is 0 Å². The molecule has 0 spiro atoms. The van der Waals surface area contributed by atoms with Gasteiger partial charge in [-0.3, -0.25) is 10.1 Å². The Labute approximate surface area is 114 Å². The van der Waals surface area contributed by atoms with E-state index in [4.69, 9.17) is 9.84 Å². The number of carbonyl (C=O) groups excluding carboxylic acids is 1. The summed E-state index contributed by atoms with van der Waals surface area (Å²) < 4.78 is 4.96. The van der Waals surface area contributed by atoms with Crippen molar-refractivity contribution in [3.63, 3.8) is 0 Å². The molecule has 1 aliphatic carbocycles. The molecule has 0 heterocycles. The van der Waals surface area contributed by atoms with E-state index in [1.807, 2.05) is 11.8 Å². The first kappa shape index (κ1) is 15.8. The highest BCUT2D eigenvalue weighted by atomic mass is 32.2. The van der Waals surface area contributed by atoms with Gasteiger partial charge in [0.1, 0.15) is 5.54 Å². The highest BCUT2D eigenvalue weighted by Crippen LogP contribution is 2.38. The summed E-state index contributed by atoms with van der Waals surface area (Å²) in [7, 11) is 1.46. The van der Waals surface area contributed by atoms with E-state index < -0.39 is 5.54 Å². The summed E-state index contributed by atoms with van der Waals surface area (Å²) in [5, 5.41) is 12.7. The Morgan fingerprint density at radius 1 is 1.61 bits per heavy atom. The predicted octanol–water partition coefficient (Wildman–Crippen LogP) is 1.56. The molecule has 1 rings (SSSR count). The fourth-order valence-electron chi connectivity index (χ4n) is 2.58. The standard InChI is InChI=1S/C13H25NO3S/c1-10(2)14-13(12(16)17-3)6-5-11(9-13)18-8-4-7-15/h10-11,14-15H,4-9H2,1-3H3. The summed E-state index contributed by atoms with van der Waals surface area (Å²) in [6, 6.07) is 0.269. The third kappa shape index (κ3) is 4.14. The van der Waals surface area contributed by atoms with Crippen LogP contribution in [0.3, 0.4) is 0 Å². The summed E-state index contributed by atoms with van der Waals surface area (Å²) in [5.41, 5.74) is -0.500. The average Bonchev–Trinajstić information content (AvgIpc) is 2.72. The van der Waals surface area contributed by atoms with E-state index in [9.17, 15) is 4.79 Å². The van der Waals surface area contributed by atoms with Crippen LogP contribution in [0.5, 0.6) is 0 Å². The quantitative estimate of drug-likeness (QED) is 0.545. The normalized spacial score (nSPS) is 27.7. The molecule has 2 N–H and O–H groups in total. The van der Waals surface area contributed by atoms with E-state index in [1.54, 1.807) is 0 Å². The zero-order valence-electron chi connectivity index (χ0n) is 11.6. The average molecular weight is 275 g/mol. The molecule has 0 aliphatic heterocycles. The van der Waals surface area contributed by atoms with Crippen LogP contribution in [0.1, 0.15) is 39.5 Å². The minimum atomic E-state index is -0.500. The maximum Gasteiger partial charge on any atom is 0.326 e. The largest absolute Gasteiger partial charge is 0.468 e. The van der Waals surface area contributed by atoms with Gasteiger partial charge in [0.05, 0.1) is 7.11 Å². The number of rotatable bonds is 7. The van der Waals surface area contributed by atoms with Crippen molar-refractivity contribution in [3.8, 4) is 0 Å². The molecule has 2 atom stereocenters. The molecule has 1 fully saturated rings. The predicted molar refractivity (Wildman–Crippen MR) is 74.8 cm³/mol. The Balaban J connectivity index is 2.57. The Morgan fingerprint density at radius 2 is 2.33 bits per heavy atom. The van der Waals surface area contributed by atoms with Gasteiger partial charge < -0.3 is 9.84 Å². The number of hydrogen-bond acceptors (Lipinski definition) is 5. The van der Waals surface area contributed by atoms with Gasteiger partial charge in [-0.25, -0.2) is 0 Å². The number of aliphatic hydroxyl groups is 1. The number of ether oxygens (including phenoxy) is 1. The molecule has 1 saturated carbocycles. The minimum absolute atomic E-state index is 0.138. The Hall–Kier alpha value is -0.260. The lowest BCUT2D eigenvalue weighted by molar-refractivity contribution is -0.148. The third-order valence-corrected chi connectivity index (χ3v) is 4.66. The molecule has 0 aromatic carbocycles. The first-order valence-corrected chi connectivity index (χ1v) is 7.67. The maximum absolute atomic E-state index is 12.0. The smallest absolute Gasteiger partial charge is 0.326 e. The van der Waals surface area contributed by atoms with Gasteiger partial charge in [0.15, 0.2) is 0 Å². The fraction of sp³-hybridized carbons (Fsp3) is 0.923. The van der Waals surface area contributed by atoms with Gasteiger partial charge in [-0.05, 0) is 45.3 Å². The molecule has 1 aliphatic rings. The van der Waals surface area contributed by atoms with Crippen molar-refractivity contribution in [2.45, 2.75) is 56.4 Å². The van der Waals surface area contributed by atoms with E-state index in [0.717, 1.165) is 31.4 Å². The van der Waals surface area contributed by atoms with Gasteiger partial charge in [0, 0.05) is 17.9 Å². The molecule has 0 aromatic heterocycles. The van der Waals surface area contributed by atoms with Crippen LogP contribution in [0.4, 0.5) is 0 Å². The van der Waals surface area contributed by atoms with Crippen molar-refractivity contribution in [2.24, 2.45) is 0 Å². The second kappa shape index (κ2) is 7.36. The third-order valence-electron chi connectivity index (χ3n) is 3.27. The molecular weight excluding hydrogens is 250 g/mol. The molecule has 0 aromatic rings. The van der Waals surface area contributed by atoms with E-state index in [2.05, 4.69) is 19.2 Å². The van der Waals surface area contributed by atoms with Gasteiger partial charge in [-0.2, -0.15) is 11.8 Å². The molecule has 18 heavy (non-hydrogen) atoms. The lowest BCUT2D eigenvalue weighted by Crippen LogP contribution is -2.53. The molecule has 5 heteroatoms. The lowest BCUT2D eigenvalue weighted by atomic mass is 9.97. The number of aliphatic hydroxyl groups excluding tert-OH is 1. The number of hydrogen-bond donors (Lipinski definition) is 2. The summed E-state index contributed by atoms with van der Waals surface area (Å²) in [5.74, 6) is 0.821. The molecule has 0 saturated heterocycles. The highest BCUT2D eigenvalue weighted by Gasteiger charge is 2.46. The van der Waals surface area contributed by atoms with Crippen LogP contribution in [0.15, 0.2) is 0 Å². The SMILES string of the molecule is COC(=O)C1(NC(C)C)CCC(SCCCO)C1. The molecule has 0 amide bonds. The van der Waals surface area contributed by atoms with Crippen molar-refractivity contribution in [1.29, 1.82) is 0 Å². The maximum atomic E-state index is 12.0. The molecular formula is C13H25NO3S. The van der Waals surface area contributed by atoms with Gasteiger partial charge >= 0.3 is 5.97 Å². The Bertz CT molecular complexity index is 273. The number of methoxy groups -OCH3 is 1. The molecule has 0 bridgehead atoms. The summed E-state index contributed by atoms with van der Waals surface area (Å²) in [6.07, 6.45) is 3.53. The van der Waals surface area contributed by atoms with Crippen LogP contribution < -0.4 is 5.32 Å². The van der Waals surface area contributed by atoms with Crippen LogP contribution in [0.2, 0.25) is 0 Å². The fourth-order valence-corrected chi connectivity index (χ4v) is 3.90. The van der Waals surface area contributed by atoms with Crippen LogP contribution in [0.25, 0.3) is 0 Å². The lowest BCUT2D eigenvalue weighted by Gasteiger charge is -2.30. The monoisotopic (exact) mass is 275 g/mol. The molecule has 106 valence electrons. The summed E-state index contributed by atoms with van der Waals surface area (Å²) in [4.78, 5) is 12.0. The number of esters is 1. The van der Waals surface area contributed by atoms with Crippen LogP contribution >= 0.6 is 11.8 Å². The van der Waals surface area contributed by atoms with Crippen molar-refractivity contribution >= 4 is 17.7 Å². The van der Waals surface area contributed by atoms with Crippen molar-refractivity contribution < 1.29 is 14.6 Å². The number of nitrogens with one attached hydrogen (secondary N) is 1. The van der Waals surface area contributed by atoms with Crippen LogP contribution in [-0.2, 0) is 9.53 Å². The van der Waals surface area contributed by atoms with Crippen molar-refractivity contribution in [2.75, 3.05) is 19.5 Å². The summed E-state index contributed by atoms with van der Waals surface area (Å²) >= 11 is 1.86. The second-order valence-corrected chi connectivity index (χ2v) is 6.59. The van der Waals surface area contributed by atoms with Gasteiger partial charge in [-0.1, -0.05) is 0 Å². The first-order chi connectivity index (χ1) is 8.54. The van der Waals surface area contributed by atoms with E-state index in [-0.39, 0.29) is 18.6 Å². The van der Waals surface area contributed by atoms with Crippen molar-refractivity contribution in [1.82, 2.24) is 5.32 Å². The van der Waals surface area contributed by atoms with E-state index in [0.29, 0.717) is 5.25 Å².